The highest BCUT2D eigenvalue weighted by molar-refractivity contribution is 7.89. The third kappa shape index (κ3) is 5.73. The van der Waals surface area contributed by atoms with E-state index in [1.165, 1.54) is 6.07 Å². The second-order valence-electron chi connectivity index (χ2n) is 4.44. The molecule has 0 bridgehead atoms. The van der Waals surface area contributed by atoms with E-state index in [-0.39, 0.29) is 28.0 Å². The van der Waals surface area contributed by atoms with Gasteiger partial charge in [0, 0.05) is 31.3 Å². The van der Waals surface area contributed by atoms with Gasteiger partial charge in [-0.3, -0.25) is 0 Å². The van der Waals surface area contributed by atoms with Crippen molar-refractivity contribution >= 4 is 33.2 Å². The summed E-state index contributed by atoms with van der Waals surface area (Å²) in [5, 5.41) is 0.392. The molecule has 0 amide bonds. The van der Waals surface area contributed by atoms with Crippen LogP contribution in [0.25, 0.3) is 0 Å². The Morgan fingerprint density at radius 3 is 2.62 bits per heavy atom. The smallest absolute Gasteiger partial charge is 0.242 e. The molecule has 0 saturated carbocycles. The molecule has 21 heavy (non-hydrogen) atoms. The first kappa shape index (κ1) is 18.7. The Morgan fingerprint density at radius 2 is 2.00 bits per heavy atom. The van der Waals surface area contributed by atoms with Crippen molar-refractivity contribution in [2.24, 2.45) is 5.73 Å². The Morgan fingerprint density at radius 1 is 1.29 bits per heavy atom. The maximum absolute atomic E-state index is 12.2. The van der Waals surface area contributed by atoms with Gasteiger partial charge in [-0.15, -0.1) is 0 Å². The number of nitrogens with two attached hydrogens (primary N) is 1. The highest BCUT2D eigenvalue weighted by Crippen LogP contribution is 2.29. The van der Waals surface area contributed by atoms with Crippen molar-refractivity contribution in [3.8, 4) is 0 Å². The summed E-state index contributed by atoms with van der Waals surface area (Å²) in [5.74, 6) is 0. The summed E-state index contributed by atoms with van der Waals surface area (Å²) in [4.78, 5) is -0.0495. The summed E-state index contributed by atoms with van der Waals surface area (Å²) in [6, 6.07) is 2.88. The molecule has 1 aromatic carbocycles. The zero-order valence-corrected chi connectivity index (χ0v) is 14.2. The predicted octanol–water partition coefficient (Wildman–Crippen LogP) is 2.55. The molecule has 0 fully saturated rings. The van der Waals surface area contributed by atoms with Gasteiger partial charge in [-0.25, -0.2) is 13.1 Å². The van der Waals surface area contributed by atoms with Crippen molar-refractivity contribution in [3.05, 3.63) is 27.7 Å². The van der Waals surface area contributed by atoms with Crippen molar-refractivity contribution in [2.45, 2.75) is 31.2 Å². The van der Waals surface area contributed by atoms with E-state index in [4.69, 9.17) is 33.7 Å². The summed E-state index contributed by atoms with van der Waals surface area (Å²) in [6.07, 6.45) is 1.52. The lowest BCUT2D eigenvalue weighted by Crippen LogP contribution is -2.26. The first-order valence-corrected chi connectivity index (χ1v) is 8.91. The number of halogens is 2. The number of sulfonamides is 1. The van der Waals surface area contributed by atoms with Gasteiger partial charge in [-0.2, -0.15) is 0 Å². The van der Waals surface area contributed by atoms with Crippen LogP contribution in [0.4, 0.5) is 0 Å². The third-order valence-corrected chi connectivity index (χ3v) is 4.96. The molecule has 0 aliphatic heterocycles. The Balaban J connectivity index is 2.72. The number of nitrogens with one attached hydrogen (secondary N) is 1. The Labute approximate surface area is 135 Å². The van der Waals surface area contributed by atoms with E-state index in [2.05, 4.69) is 4.72 Å². The number of benzene rings is 1. The van der Waals surface area contributed by atoms with Crippen molar-refractivity contribution in [1.82, 2.24) is 4.72 Å². The van der Waals surface area contributed by atoms with Crippen LogP contribution in [0.5, 0.6) is 0 Å². The molecule has 0 unspecified atom stereocenters. The molecule has 5 nitrogen and oxygen atoms in total. The van der Waals surface area contributed by atoms with Gasteiger partial charge in [0.05, 0.1) is 5.02 Å². The third-order valence-electron chi connectivity index (χ3n) is 2.69. The summed E-state index contributed by atoms with van der Waals surface area (Å²) >= 11 is 12.0. The molecular formula is C13H20Cl2N2O3S. The zero-order chi connectivity index (χ0) is 15.9. The van der Waals surface area contributed by atoms with Crippen molar-refractivity contribution < 1.29 is 13.2 Å². The monoisotopic (exact) mass is 354 g/mol. The molecule has 3 N–H and O–H groups in total. The number of ether oxygens (including phenoxy) is 1. The van der Waals surface area contributed by atoms with E-state index >= 15 is 0 Å². The normalized spacial score (nSPS) is 11.8. The van der Waals surface area contributed by atoms with Gasteiger partial charge >= 0.3 is 0 Å². The number of hydrogen-bond acceptors (Lipinski definition) is 4. The Bertz CT molecular complexity index is 565. The quantitative estimate of drug-likeness (QED) is 0.667. The molecule has 0 spiro atoms. The molecule has 0 radical (unpaired) electrons. The van der Waals surface area contributed by atoms with E-state index in [9.17, 15) is 8.42 Å². The molecule has 0 aliphatic carbocycles. The first-order chi connectivity index (χ1) is 9.92. The van der Waals surface area contributed by atoms with Crippen molar-refractivity contribution in [2.75, 3.05) is 19.8 Å². The van der Waals surface area contributed by atoms with Gasteiger partial charge in [-0.1, -0.05) is 30.1 Å². The Kier molecular flexibility index (Phi) is 7.94. The largest absolute Gasteiger partial charge is 0.381 e. The van der Waals surface area contributed by atoms with Crippen LogP contribution in [0.2, 0.25) is 10.0 Å². The lowest BCUT2D eigenvalue weighted by molar-refractivity contribution is 0.133. The summed E-state index contributed by atoms with van der Waals surface area (Å²) in [6.45, 7) is 3.58. The standard InChI is InChI=1S/C13H20Cl2N2O3S/c1-2-5-20-6-3-4-17-21(18,19)12-8-11(14)7-10(9-16)13(12)15/h7-8,17H,2-6,9,16H2,1H3. The highest BCUT2D eigenvalue weighted by atomic mass is 35.5. The van der Waals surface area contributed by atoms with Gasteiger partial charge in [0.1, 0.15) is 4.90 Å². The van der Waals surface area contributed by atoms with Crippen LogP contribution in [0.1, 0.15) is 25.3 Å². The first-order valence-electron chi connectivity index (χ1n) is 6.67. The molecule has 0 saturated heterocycles. The van der Waals surface area contributed by atoms with Crippen molar-refractivity contribution in [1.29, 1.82) is 0 Å². The molecule has 1 rings (SSSR count). The Hall–Kier alpha value is -0.370. The second kappa shape index (κ2) is 8.92. The molecule has 8 heteroatoms. The van der Waals surface area contributed by atoms with E-state index in [0.29, 0.717) is 25.2 Å². The van der Waals surface area contributed by atoms with Crippen LogP contribution >= 0.6 is 23.2 Å². The molecule has 0 heterocycles. The topological polar surface area (TPSA) is 81.4 Å². The lowest BCUT2D eigenvalue weighted by Gasteiger charge is -2.11. The SMILES string of the molecule is CCCOCCCNS(=O)(=O)c1cc(Cl)cc(CN)c1Cl. The fraction of sp³-hybridized carbons (Fsp3) is 0.538. The molecule has 1 aromatic rings. The van der Waals surface area contributed by atoms with Crippen LogP contribution in [0, 0.1) is 0 Å². The van der Waals surface area contributed by atoms with E-state index < -0.39 is 10.0 Å². The van der Waals surface area contributed by atoms with Crippen LogP contribution in [0.15, 0.2) is 17.0 Å². The minimum absolute atomic E-state index is 0.0495. The van der Waals surface area contributed by atoms with Crippen LogP contribution in [-0.2, 0) is 21.3 Å². The average Bonchev–Trinajstić information content (AvgIpc) is 2.44. The van der Waals surface area contributed by atoms with Gasteiger partial charge < -0.3 is 10.5 Å². The minimum Gasteiger partial charge on any atom is -0.381 e. The maximum atomic E-state index is 12.2. The van der Waals surface area contributed by atoms with E-state index in [0.717, 1.165) is 6.42 Å². The summed E-state index contributed by atoms with van der Waals surface area (Å²) in [5.41, 5.74) is 6.02. The molecular weight excluding hydrogens is 335 g/mol. The lowest BCUT2D eigenvalue weighted by atomic mass is 10.2. The molecule has 120 valence electrons. The van der Waals surface area contributed by atoms with Gasteiger partial charge in [0.15, 0.2) is 0 Å². The van der Waals surface area contributed by atoms with Crippen LogP contribution in [0.3, 0.4) is 0 Å². The summed E-state index contributed by atoms with van der Waals surface area (Å²) < 4.78 is 32.2. The minimum atomic E-state index is -3.72. The van der Waals surface area contributed by atoms with Gasteiger partial charge in [0.25, 0.3) is 0 Å². The molecule has 0 atom stereocenters. The van der Waals surface area contributed by atoms with E-state index in [1.807, 2.05) is 6.92 Å². The fourth-order valence-corrected chi connectivity index (χ4v) is 3.68. The molecule has 0 aromatic heterocycles. The van der Waals surface area contributed by atoms with E-state index in [1.54, 1.807) is 6.07 Å². The maximum Gasteiger partial charge on any atom is 0.242 e. The summed E-state index contributed by atoms with van der Waals surface area (Å²) in [7, 11) is -3.72. The average molecular weight is 355 g/mol. The number of hydrogen-bond donors (Lipinski definition) is 2. The van der Waals surface area contributed by atoms with Crippen molar-refractivity contribution in [3.63, 3.8) is 0 Å². The zero-order valence-electron chi connectivity index (χ0n) is 11.9. The highest BCUT2D eigenvalue weighted by Gasteiger charge is 2.20. The second-order valence-corrected chi connectivity index (χ2v) is 6.99. The van der Waals surface area contributed by atoms with Gasteiger partial charge in [0.2, 0.25) is 10.0 Å². The van der Waals surface area contributed by atoms with Crippen LogP contribution in [-0.4, -0.2) is 28.2 Å². The number of rotatable bonds is 9. The molecule has 0 aliphatic rings. The fourth-order valence-electron chi connectivity index (χ4n) is 1.67. The van der Waals surface area contributed by atoms with Crippen LogP contribution < -0.4 is 10.5 Å². The van der Waals surface area contributed by atoms with Gasteiger partial charge in [-0.05, 0) is 30.5 Å². The predicted molar refractivity (Wildman–Crippen MR) is 85.3 cm³/mol.